The minimum atomic E-state index is -0.263. The number of benzene rings is 1. The molecule has 1 aliphatic heterocycles. The van der Waals surface area contributed by atoms with Gasteiger partial charge in [-0.3, -0.25) is 0 Å². The smallest absolute Gasteiger partial charge is 0.125 e. The third-order valence-corrected chi connectivity index (χ3v) is 3.53. The molecule has 0 amide bonds. The van der Waals surface area contributed by atoms with E-state index in [4.69, 9.17) is 5.11 Å². The molecule has 0 spiro atoms. The molecule has 1 unspecified atom stereocenters. The summed E-state index contributed by atoms with van der Waals surface area (Å²) in [4.78, 5) is 2.27. The number of aliphatic hydroxyl groups excluding tert-OH is 1. The zero-order chi connectivity index (χ0) is 12.4. The molecule has 0 saturated carbocycles. The number of aliphatic hydroxyl groups is 1. The first-order valence-corrected chi connectivity index (χ1v) is 6.29. The van der Waals surface area contributed by atoms with Crippen molar-refractivity contribution in [1.82, 2.24) is 0 Å². The fourth-order valence-electron chi connectivity index (χ4n) is 2.70. The van der Waals surface area contributed by atoms with Crippen LogP contribution in [0.3, 0.4) is 0 Å². The van der Waals surface area contributed by atoms with Crippen LogP contribution >= 0.6 is 0 Å². The maximum Gasteiger partial charge on any atom is 0.125 e. The van der Waals surface area contributed by atoms with Gasteiger partial charge >= 0.3 is 0 Å². The summed E-state index contributed by atoms with van der Waals surface area (Å²) in [6.45, 7) is 5.28. The van der Waals surface area contributed by atoms with Crippen molar-refractivity contribution in [2.24, 2.45) is 5.92 Å². The topological polar surface area (TPSA) is 23.5 Å². The Bertz CT molecular complexity index is 392. The molecule has 2 nitrogen and oxygen atoms in total. The third kappa shape index (κ3) is 2.60. The standard InChI is InChI=1S/C14H20FNO/c1-10(2)14-4-3-5-16(14)13-7-11(9-17)6-12(15)8-13/h6-8,10,14,17H,3-5,9H2,1-2H3. The van der Waals surface area contributed by atoms with Crippen molar-refractivity contribution >= 4 is 5.69 Å². The van der Waals surface area contributed by atoms with Crippen LogP contribution in [0.1, 0.15) is 32.3 Å². The van der Waals surface area contributed by atoms with Crippen LogP contribution in [-0.4, -0.2) is 17.7 Å². The van der Waals surface area contributed by atoms with Crippen LogP contribution in [0.25, 0.3) is 0 Å². The van der Waals surface area contributed by atoms with Gasteiger partial charge in [-0.1, -0.05) is 13.8 Å². The second-order valence-corrected chi connectivity index (χ2v) is 5.12. The van der Waals surface area contributed by atoms with Crippen molar-refractivity contribution < 1.29 is 9.50 Å². The van der Waals surface area contributed by atoms with Gasteiger partial charge in [-0.25, -0.2) is 4.39 Å². The van der Waals surface area contributed by atoms with E-state index in [0.717, 1.165) is 18.7 Å². The van der Waals surface area contributed by atoms with Crippen LogP contribution in [0, 0.1) is 11.7 Å². The molecule has 0 bridgehead atoms. The Labute approximate surface area is 102 Å². The van der Waals surface area contributed by atoms with Gasteiger partial charge in [0, 0.05) is 18.3 Å². The molecule has 1 aromatic carbocycles. The van der Waals surface area contributed by atoms with E-state index in [1.54, 1.807) is 6.07 Å². The van der Waals surface area contributed by atoms with Crippen molar-refractivity contribution in [3.63, 3.8) is 0 Å². The maximum absolute atomic E-state index is 13.5. The zero-order valence-corrected chi connectivity index (χ0v) is 10.5. The highest BCUT2D eigenvalue weighted by molar-refractivity contribution is 5.51. The molecule has 0 aromatic heterocycles. The lowest BCUT2D eigenvalue weighted by Gasteiger charge is -2.30. The molecule has 0 radical (unpaired) electrons. The minimum Gasteiger partial charge on any atom is -0.392 e. The maximum atomic E-state index is 13.5. The van der Waals surface area contributed by atoms with Gasteiger partial charge in [0.25, 0.3) is 0 Å². The SMILES string of the molecule is CC(C)C1CCCN1c1cc(F)cc(CO)c1. The summed E-state index contributed by atoms with van der Waals surface area (Å²) in [5.41, 5.74) is 1.56. The van der Waals surface area contributed by atoms with Crippen LogP contribution in [0.2, 0.25) is 0 Å². The number of halogens is 1. The molecule has 1 aromatic rings. The first kappa shape index (κ1) is 12.4. The summed E-state index contributed by atoms with van der Waals surface area (Å²) >= 11 is 0. The van der Waals surface area contributed by atoms with E-state index in [-0.39, 0.29) is 12.4 Å². The van der Waals surface area contributed by atoms with E-state index in [1.165, 1.54) is 12.5 Å². The quantitative estimate of drug-likeness (QED) is 0.873. The molecule has 94 valence electrons. The van der Waals surface area contributed by atoms with Gasteiger partial charge in [-0.15, -0.1) is 0 Å². The summed E-state index contributed by atoms with van der Waals surface area (Å²) in [6, 6.07) is 5.34. The number of anilines is 1. The number of hydrogen-bond donors (Lipinski definition) is 1. The second-order valence-electron chi connectivity index (χ2n) is 5.12. The van der Waals surface area contributed by atoms with Crippen LogP contribution < -0.4 is 4.90 Å². The van der Waals surface area contributed by atoms with Crippen LogP contribution in [0.15, 0.2) is 18.2 Å². The van der Waals surface area contributed by atoms with E-state index in [9.17, 15) is 4.39 Å². The first-order chi connectivity index (χ1) is 8.11. The molecular weight excluding hydrogens is 217 g/mol. The monoisotopic (exact) mass is 237 g/mol. The summed E-state index contributed by atoms with van der Waals surface area (Å²) in [6.07, 6.45) is 2.33. The highest BCUT2D eigenvalue weighted by atomic mass is 19.1. The van der Waals surface area contributed by atoms with Gasteiger partial charge in [0.05, 0.1) is 6.61 Å². The normalized spacial score (nSPS) is 20.3. The zero-order valence-electron chi connectivity index (χ0n) is 10.5. The fourth-order valence-corrected chi connectivity index (χ4v) is 2.70. The van der Waals surface area contributed by atoms with Gasteiger partial charge in [0.2, 0.25) is 0 Å². The Kier molecular flexibility index (Phi) is 3.67. The largest absolute Gasteiger partial charge is 0.392 e. The number of nitrogens with zero attached hydrogens (tertiary/aromatic N) is 1. The molecule has 3 heteroatoms. The number of hydrogen-bond acceptors (Lipinski definition) is 2. The Morgan fingerprint density at radius 1 is 1.41 bits per heavy atom. The van der Waals surface area contributed by atoms with Gasteiger partial charge < -0.3 is 10.0 Å². The predicted molar refractivity (Wildman–Crippen MR) is 67.5 cm³/mol. The van der Waals surface area contributed by atoms with Crippen molar-refractivity contribution in [2.45, 2.75) is 39.3 Å². The molecule has 1 saturated heterocycles. The van der Waals surface area contributed by atoms with Crippen molar-refractivity contribution in [1.29, 1.82) is 0 Å². The van der Waals surface area contributed by atoms with E-state index in [1.807, 2.05) is 6.07 Å². The molecule has 17 heavy (non-hydrogen) atoms. The summed E-state index contributed by atoms with van der Waals surface area (Å²) in [7, 11) is 0. The molecule has 1 N–H and O–H groups in total. The average Bonchev–Trinajstić information content (AvgIpc) is 2.77. The van der Waals surface area contributed by atoms with Crippen molar-refractivity contribution in [3.8, 4) is 0 Å². The molecule has 1 fully saturated rings. The van der Waals surface area contributed by atoms with E-state index < -0.39 is 0 Å². The highest BCUT2D eigenvalue weighted by Crippen LogP contribution is 2.30. The summed E-state index contributed by atoms with van der Waals surface area (Å²) < 4.78 is 13.5. The minimum absolute atomic E-state index is 0.106. The number of rotatable bonds is 3. The Morgan fingerprint density at radius 3 is 2.82 bits per heavy atom. The molecule has 0 aliphatic carbocycles. The van der Waals surface area contributed by atoms with E-state index in [2.05, 4.69) is 18.7 Å². The molecule has 2 rings (SSSR count). The van der Waals surface area contributed by atoms with Gasteiger partial charge in [-0.2, -0.15) is 0 Å². The molecule has 1 heterocycles. The summed E-state index contributed by atoms with van der Waals surface area (Å²) in [5, 5.41) is 9.12. The lowest BCUT2D eigenvalue weighted by Crippen LogP contribution is -2.33. The first-order valence-electron chi connectivity index (χ1n) is 6.29. The predicted octanol–water partition coefficient (Wildman–Crippen LogP) is 2.94. The third-order valence-electron chi connectivity index (χ3n) is 3.53. The lowest BCUT2D eigenvalue weighted by atomic mass is 10.0. The lowest BCUT2D eigenvalue weighted by molar-refractivity contribution is 0.281. The molecule has 1 aliphatic rings. The highest BCUT2D eigenvalue weighted by Gasteiger charge is 2.27. The molecule has 1 atom stereocenters. The van der Waals surface area contributed by atoms with E-state index in [0.29, 0.717) is 17.5 Å². The Hall–Kier alpha value is -1.09. The fraction of sp³-hybridized carbons (Fsp3) is 0.571. The van der Waals surface area contributed by atoms with Gasteiger partial charge in [0.15, 0.2) is 0 Å². The van der Waals surface area contributed by atoms with Crippen LogP contribution in [0.4, 0.5) is 10.1 Å². The van der Waals surface area contributed by atoms with Gasteiger partial charge in [0.1, 0.15) is 5.82 Å². The van der Waals surface area contributed by atoms with Crippen molar-refractivity contribution in [3.05, 3.63) is 29.6 Å². The Balaban J connectivity index is 2.29. The average molecular weight is 237 g/mol. The van der Waals surface area contributed by atoms with Crippen LogP contribution in [-0.2, 0) is 6.61 Å². The Morgan fingerprint density at radius 2 is 2.18 bits per heavy atom. The van der Waals surface area contributed by atoms with Crippen molar-refractivity contribution in [2.75, 3.05) is 11.4 Å². The van der Waals surface area contributed by atoms with E-state index >= 15 is 0 Å². The van der Waals surface area contributed by atoms with Gasteiger partial charge in [-0.05, 0) is 42.5 Å². The second kappa shape index (κ2) is 5.05. The molecular formula is C14H20FNO. The van der Waals surface area contributed by atoms with Crippen LogP contribution in [0.5, 0.6) is 0 Å². The summed E-state index contributed by atoms with van der Waals surface area (Å²) in [5.74, 6) is 0.305.